The zero-order valence-corrected chi connectivity index (χ0v) is 12.5. The molecule has 1 aliphatic rings. The second-order valence-electron chi connectivity index (χ2n) is 5.33. The van der Waals surface area contributed by atoms with Gasteiger partial charge in [0.25, 0.3) is 0 Å². The molecular weight excluding hydrogens is 264 g/mol. The highest BCUT2D eigenvalue weighted by molar-refractivity contribution is 6.31. The number of rotatable bonds is 5. The van der Waals surface area contributed by atoms with E-state index in [1.807, 2.05) is 4.68 Å². The molecule has 19 heavy (non-hydrogen) atoms. The summed E-state index contributed by atoms with van der Waals surface area (Å²) in [6, 6.07) is 0. The third kappa shape index (κ3) is 2.81. The minimum atomic E-state index is -0.709. The summed E-state index contributed by atoms with van der Waals surface area (Å²) in [5, 5.41) is 15.6. The number of aliphatic hydroxyl groups excluding tert-OH is 1. The molecule has 1 saturated carbocycles. The molecule has 4 nitrogen and oxygen atoms in total. The largest absolute Gasteiger partial charge is 0.384 e. The molecule has 1 heterocycles. The average Bonchev–Trinajstić information content (AvgIpc) is 2.80. The van der Waals surface area contributed by atoms with Crippen LogP contribution in [-0.2, 0) is 11.3 Å². The third-order valence-corrected chi connectivity index (χ3v) is 4.42. The number of aromatic nitrogens is 2. The number of methoxy groups -OCH3 is 1. The van der Waals surface area contributed by atoms with Crippen LogP contribution in [0.5, 0.6) is 0 Å². The molecule has 0 amide bonds. The minimum Gasteiger partial charge on any atom is -0.384 e. The summed E-state index contributed by atoms with van der Waals surface area (Å²) in [4.78, 5) is 0. The van der Waals surface area contributed by atoms with Crippen LogP contribution in [0.4, 0.5) is 0 Å². The molecule has 0 aliphatic heterocycles. The van der Waals surface area contributed by atoms with E-state index in [0.717, 1.165) is 38.6 Å². The molecule has 1 atom stereocenters. The molecule has 1 aromatic rings. The lowest BCUT2D eigenvalue weighted by molar-refractivity contribution is -0.127. The Bertz CT molecular complexity index is 414. The molecule has 1 aromatic heterocycles. The molecule has 1 N–H and O–H groups in total. The summed E-state index contributed by atoms with van der Waals surface area (Å²) in [5.41, 5.74) is 0.195. The number of hydrogen-bond donors (Lipinski definition) is 1. The van der Waals surface area contributed by atoms with Crippen molar-refractivity contribution in [3.05, 3.63) is 16.9 Å². The van der Waals surface area contributed by atoms with Crippen LogP contribution in [0.1, 0.15) is 57.2 Å². The number of halogens is 1. The van der Waals surface area contributed by atoms with Crippen molar-refractivity contribution in [3.8, 4) is 0 Å². The highest BCUT2D eigenvalue weighted by atomic mass is 35.5. The van der Waals surface area contributed by atoms with Gasteiger partial charge in [-0.2, -0.15) is 5.10 Å². The number of aliphatic hydroxyl groups is 1. The van der Waals surface area contributed by atoms with Gasteiger partial charge in [0, 0.05) is 13.7 Å². The molecule has 0 aromatic carbocycles. The van der Waals surface area contributed by atoms with Crippen molar-refractivity contribution in [2.75, 3.05) is 7.11 Å². The van der Waals surface area contributed by atoms with Crippen molar-refractivity contribution >= 4 is 11.6 Å². The van der Waals surface area contributed by atoms with Gasteiger partial charge in [0.1, 0.15) is 6.10 Å². The van der Waals surface area contributed by atoms with Gasteiger partial charge in [-0.15, -0.1) is 0 Å². The first-order chi connectivity index (χ1) is 9.14. The van der Waals surface area contributed by atoms with E-state index in [1.165, 1.54) is 6.42 Å². The maximum Gasteiger partial charge on any atom is 0.126 e. The Morgan fingerprint density at radius 2 is 2.16 bits per heavy atom. The third-order valence-electron chi connectivity index (χ3n) is 4.13. The van der Waals surface area contributed by atoms with Gasteiger partial charge in [-0.1, -0.05) is 37.8 Å². The highest BCUT2D eigenvalue weighted by Gasteiger charge is 2.42. The normalized spacial score (nSPS) is 20.4. The van der Waals surface area contributed by atoms with Crippen molar-refractivity contribution in [1.29, 1.82) is 0 Å². The lowest BCUT2D eigenvalue weighted by atomic mass is 9.79. The Morgan fingerprint density at radius 3 is 2.74 bits per heavy atom. The SMILES string of the molecule is CCCn1ncc(Cl)c1C(O)C1(OC)CCCCC1. The Morgan fingerprint density at radius 1 is 1.47 bits per heavy atom. The average molecular weight is 287 g/mol. The van der Waals surface area contributed by atoms with Crippen LogP contribution in [0, 0.1) is 0 Å². The molecule has 0 saturated heterocycles. The molecule has 0 spiro atoms. The summed E-state index contributed by atoms with van der Waals surface area (Å²) in [5.74, 6) is 0. The van der Waals surface area contributed by atoms with Gasteiger partial charge < -0.3 is 9.84 Å². The number of ether oxygens (including phenoxy) is 1. The topological polar surface area (TPSA) is 47.3 Å². The van der Waals surface area contributed by atoms with Crippen molar-refractivity contribution < 1.29 is 9.84 Å². The smallest absolute Gasteiger partial charge is 0.126 e. The fourth-order valence-corrected chi connectivity index (χ4v) is 3.27. The van der Waals surface area contributed by atoms with Gasteiger partial charge in [0.05, 0.1) is 22.5 Å². The summed E-state index contributed by atoms with van der Waals surface area (Å²) in [6.07, 6.45) is 6.99. The second-order valence-corrected chi connectivity index (χ2v) is 5.74. The first-order valence-electron chi connectivity index (χ1n) is 7.09. The molecule has 0 bridgehead atoms. The van der Waals surface area contributed by atoms with Gasteiger partial charge >= 0.3 is 0 Å². The molecule has 1 unspecified atom stereocenters. The lowest BCUT2D eigenvalue weighted by Crippen LogP contribution is -2.41. The van der Waals surface area contributed by atoms with Gasteiger partial charge in [0.2, 0.25) is 0 Å². The Hall–Kier alpha value is -0.580. The summed E-state index contributed by atoms with van der Waals surface area (Å²) in [6.45, 7) is 2.84. The van der Waals surface area contributed by atoms with Gasteiger partial charge in [-0.3, -0.25) is 4.68 Å². The van der Waals surface area contributed by atoms with E-state index in [2.05, 4.69) is 12.0 Å². The van der Waals surface area contributed by atoms with Crippen LogP contribution >= 0.6 is 11.6 Å². The van der Waals surface area contributed by atoms with E-state index in [-0.39, 0.29) is 0 Å². The predicted molar refractivity (Wildman–Crippen MR) is 75.3 cm³/mol. The molecule has 2 rings (SSSR count). The van der Waals surface area contributed by atoms with E-state index >= 15 is 0 Å². The van der Waals surface area contributed by atoms with Crippen molar-refractivity contribution in [3.63, 3.8) is 0 Å². The summed E-state index contributed by atoms with van der Waals surface area (Å²) < 4.78 is 7.51. The number of aryl methyl sites for hydroxylation is 1. The maximum absolute atomic E-state index is 10.8. The van der Waals surface area contributed by atoms with E-state index in [4.69, 9.17) is 16.3 Å². The van der Waals surface area contributed by atoms with Crippen LogP contribution in [0.25, 0.3) is 0 Å². The molecule has 1 fully saturated rings. The zero-order chi connectivity index (χ0) is 13.9. The second kappa shape index (κ2) is 6.25. The molecule has 108 valence electrons. The van der Waals surface area contributed by atoms with Crippen molar-refractivity contribution in [1.82, 2.24) is 9.78 Å². The molecule has 0 radical (unpaired) electrons. The van der Waals surface area contributed by atoms with Crippen LogP contribution in [0.3, 0.4) is 0 Å². The van der Waals surface area contributed by atoms with Gasteiger partial charge in [0.15, 0.2) is 0 Å². The summed E-state index contributed by atoms with van der Waals surface area (Å²) >= 11 is 6.21. The first-order valence-corrected chi connectivity index (χ1v) is 7.47. The summed E-state index contributed by atoms with van der Waals surface area (Å²) in [7, 11) is 1.68. The van der Waals surface area contributed by atoms with Crippen LogP contribution in [0.2, 0.25) is 5.02 Å². The van der Waals surface area contributed by atoms with Crippen LogP contribution in [0.15, 0.2) is 6.20 Å². The minimum absolute atomic E-state index is 0.507. The van der Waals surface area contributed by atoms with E-state index in [0.29, 0.717) is 10.7 Å². The van der Waals surface area contributed by atoms with E-state index in [1.54, 1.807) is 13.3 Å². The van der Waals surface area contributed by atoms with Crippen molar-refractivity contribution in [2.45, 2.75) is 63.7 Å². The zero-order valence-electron chi connectivity index (χ0n) is 11.7. The fourth-order valence-electron chi connectivity index (χ4n) is 3.02. The predicted octanol–water partition coefficient (Wildman–Crippen LogP) is 3.33. The van der Waals surface area contributed by atoms with Crippen LogP contribution in [-0.4, -0.2) is 27.6 Å². The first kappa shape index (κ1) is 14.8. The van der Waals surface area contributed by atoms with Gasteiger partial charge in [-0.05, 0) is 19.3 Å². The quantitative estimate of drug-likeness (QED) is 0.903. The fraction of sp³-hybridized carbons (Fsp3) is 0.786. The number of nitrogens with zero attached hydrogens (tertiary/aromatic N) is 2. The Kier molecular flexibility index (Phi) is 4.87. The monoisotopic (exact) mass is 286 g/mol. The molecule has 5 heteroatoms. The molecule has 1 aliphatic carbocycles. The highest BCUT2D eigenvalue weighted by Crippen LogP contribution is 2.42. The Balaban J connectivity index is 2.31. The van der Waals surface area contributed by atoms with E-state index in [9.17, 15) is 5.11 Å². The van der Waals surface area contributed by atoms with E-state index < -0.39 is 11.7 Å². The lowest BCUT2D eigenvalue weighted by Gasteiger charge is -2.40. The standard InChI is InChI=1S/C14H23ClN2O2/c1-3-9-17-12(11(15)10-16-17)13(18)14(19-2)7-5-4-6-8-14/h10,13,18H,3-9H2,1-2H3. The van der Waals surface area contributed by atoms with Crippen molar-refractivity contribution in [2.24, 2.45) is 0 Å². The molecular formula is C14H23ClN2O2. The number of hydrogen-bond acceptors (Lipinski definition) is 3. The Labute approximate surface area is 119 Å². The maximum atomic E-state index is 10.8. The van der Waals surface area contributed by atoms with Gasteiger partial charge in [-0.25, -0.2) is 0 Å². The van der Waals surface area contributed by atoms with Crippen LogP contribution < -0.4 is 0 Å².